The van der Waals surface area contributed by atoms with E-state index < -0.39 is 5.41 Å². The van der Waals surface area contributed by atoms with E-state index in [4.69, 9.17) is 4.74 Å². The lowest BCUT2D eigenvalue weighted by Crippen LogP contribution is -2.63. The molecule has 118 valence electrons. The van der Waals surface area contributed by atoms with Gasteiger partial charge in [-0.25, -0.2) is 4.39 Å². The lowest BCUT2D eigenvalue weighted by molar-refractivity contribution is -0.168. The largest absolute Gasteiger partial charge is 0.460 e. The number of piperidine rings is 3. The molecule has 4 heterocycles. The first-order valence-corrected chi connectivity index (χ1v) is 8.08. The Bertz CT molecular complexity index is 563. The Kier molecular flexibility index (Phi) is 3.42. The van der Waals surface area contributed by atoms with Crippen LogP contribution in [0.1, 0.15) is 18.4 Å². The average molecular weight is 304 g/mol. The zero-order valence-electron chi connectivity index (χ0n) is 12.6. The summed E-state index contributed by atoms with van der Waals surface area (Å²) < 4.78 is 19.0. The topological polar surface area (TPSA) is 41.6 Å². The monoisotopic (exact) mass is 304 g/mol. The summed E-state index contributed by atoms with van der Waals surface area (Å²) >= 11 is 0. The molecule has 0 aromatic heterocycles. The summed E-state index contributed by atoms with van der Waals surface area (Å²) in [5.41, 5.74) is 0.207. The highest BCUT2D eigenvalue weighted by molar-refractivity contribution is 5.85. The Morgan fingerprint density at radius 1 is 1.23 bits per heavy atom. The SMILES string of the molecule is O=C(O[C@H]1CN2CCC1CC2)C1(c2ccc(F)cc2)CNC1. The summed E-state index contributed by atoms with van der Waals surface area (Å²) in [6.45, 7) is 4.26. The van der Waals surface area contributed by atoms with Gasteiger partial charge in [0.05, 0.1) is 0 Å². The molecule has 4 aliphatic rings. The van der Waals surface area contributed by atoms with E-state index in [1.807, 2.05) is 0 Å². The van der Waals surface area contributed by atoms with E-state index in [0.29, 0.717) is 19.0 Å². The van der Waals surface area contributed by atoms with E-state index in [9.17, 15) is 9.18 Å². The number of hydrogen-bond acceptors (Lipinski definition) is 4. The predicted octanol–water partition coefficient (Wildman–Crippen LogP) is 1.30. The van der Waals surface area contributed by atoms with Crippen molar-refractivity contribution in [2.24, 2.45) is 5.92 Å². The minimum absolute atomic E-state index is 0.0212. The van der Waals surface area contributed by atoms with E-state index in [2.05, 4.69) is 10.2 Å². The molecule has 1 N–H and O–H groups in total. The summed E-state index contributed by atoms with van der Waals surface area (Å²) in [5.74, 6) is 0.0702. The van der Waals surface area contributed by atoms with Crippen molar-refractivity contribution in [3.63, 3.8) is 0 Å². The van der Waals surface area contributed by atoms with Crippen LogP contribution in [0.25, 0.3) is 0 Å². The predicted molar refractivity (Wildman–Crippen MR) is 80.0 cm³/mol. The Morgan fingerprint density at radius 2 is 1.91 bits per heavy atom. The van der Waals surface area contributed by atoms with Crippen LogP contribution >= 0.6 is 0 Å². The summed E-state index contributed by atoms with van der Waals surface area (Å²) in [5, 5.41) is 3.16. The van der Waals surface area contributed by atoms with Crippen molar-refractivity contribution in [2.75, 3.05) is 32.7 Å². The van der Waals surface area contributed by atoms with E-state index in [1.165, 1.54) is 12.1 Å². The number of fused-ring (bicyclic) bond motifs is 3. The van der Waals surface area contributed by atoms with Crippen molar-refractivity contribution in [3.8, 4) is 0 Å². The Balaban J connectivity index is 1.51. The van der Waals surface area contributed by atoms with E-state index >= 15 is 0 Å². The van der Waals surface area contributed by atoms with E-state index in [-0.39, 0.29) is 17.9 Å². The number of halogens is 1. The van der Waals surface area contributed by atoms with Crippen molar-refractivity contribution >= 4 is 5.97 Å². The van der Waals surface area contributed by atoms with Gasteiger partial charge in [-0.15, -0.1) is 0 Å². The molecule has 0 amide bonds. The fourth-order valence-electron chi connectivity index (χ4n) is 3.90. The van der Waals surface area contributed by atoms with Crippen LogP contribution in [0, 0.1) is 11.7 Å². The van der Waals surface area contributed by atoms with Crippen LogP contribution in [0.3, 0.4) is 0 Å². The normalized spacial score (nSPS) is 32.3. The van der Waals surface area contributed by atoms with Crippen molar-refractivity contribution in [3.05, 3.63) is 35.6 Å². The van der Waals surface area contributed by atoms with Gasteiger partial charge >= 0.3 is 5.97 Å². The number of nitrogens with zero attached hydrogens (tertiary/aromatic N) is 1. The highest BCUT2D eigenvalue weighted by atomic mass is 19.1. The van der Waals surface area contributed by atoms with Gasteiger partial charge in [0, 0.05) is 19.6 Å². The molecular formula is C17H21FN2O2. The lowest BCUT2D eigenvalue weighted by atomic mass is 9.75. The van der Waals surface area contributed by atoms with Crippen molar-refractivity contribution < 1.29 is 13.9 Å². The summed E-state index contributed by atoms with van der Waals surface area (Å²) in [7, 11) is 0. The quantitative estimate of drug-likeness (QED) is 0.855. The van der Waals surface area contributed by atoms with Crippen molar-refractivity contribution in [1.82, 2.24) is 10.2 Å². The summed E-state index contributed by atoms with van der Waals surface area (Å²) in [6.07, 6.45) is 2.27. The number of hydrogen-bond donors (Lipinski definition) is 1. The fourth-order valence-corrected chi connectivity index (χ4v) is 3.90. The van der Waals surface area contributed by atoms with Gasteiger partial charge in [0.15, 0.2) is 0 Å². The first kappa shape index (κ1) is 14.2. The average Bonchev–Trinajstić information content (AvgIpc) is 2.49. The molecule has 22 heavy (non-hydrogen) atoms. The van der Waals surface area contributed by atoms with Gasteiger partial charge in [0.1, 0.15) is 17.3 Å². The van der Waals surface area contributed by atoms with Crippen LogP contribution in [-0.2, 0) is 14.9 Å². The molecule has 4 saturated heterocycles. The van der Waals surface area contributed by atoms with Gasteiger partial charge < -0.3 is 10.1 Å². The van der Waals surface area contributed by atoms with Gasteiger partial charge in [-0.1, -0.05) is 12.1 Å². The van der Waals surface area contributed by atoms with Crippen LogP contribution < -0.4 is 5.32 Å². The van der Waals surface area contributed by atoms with Crippen LogP contribution in [-0.4, -0.2) is 49.7 Å². The van der Waals surface area contributed by atoms with Gasteiger partial charge in [0.2, 0.25) is 0 Å². The number of esters is 1. The zero-order chi connectivity index (χ0) is 15.2. The van der Waals surface area contributed by atoms with Gasteiger partial charge in [-0.3, -0.25) is 9.69 Å². The molecule has 0 radical (unpaired) electrons. The number of benzene rings is 1. The number of nitrogens with one attached hydrogen (secondary N) is 1. The van der Waals surface area contributed by atoms with E-state index in [1.54, 1.807) is 12.1 Å². The van der Waals surface area contributed by atoms with Gasteiger partial charge in [0.25, 0.3) is 0 Å². The van der Waals surface area contributed by atoms with Gasteiger partial charge in [-0.05, 0) is 49.5 Å². The zero-order valence-corrected chi connectivity index (χ0v) is 12.6. The Labute approximate surface area is 129 Å². The van der Waals surface area contributed by atoms with Crippen LogP contribution in [0.4, 0.5) is 4.39 Å². The molecule has 4 nitrogen and oxygen atoms in total. The highest BCUT2D eigenvalue weighted by Crippen LogP contribution is 2.34. The van der Waals surface area contributed by atoms with Gasteiger partial charge in [-0.2, -0.15) is 0 Å². The molecule has 1 aromatic carbocycles. The summed E-state index contributed by atoms with van der Waals surface area (Å²) in [6, 6.07) is 6.23. The van der Waals surface area contributed by atoms with Crippen LogP contribution in [0.2, 0.25) is 0 Å². The maximum absolute atomic E-state index is 13.1. The van der Waals surface area contributed by atoms with Crippen LogP contribution in [0.5, 0.6) is 0 Å². The Hall–Kier alpha value is -1.46. The van der Waals surface area contributed by atoms with Crippen molar-refractivity contribution in [1.29, 1.82) is 0 Å². The molecule has 0 saturated carbocycles. The molecule has 5 heteroatoms. The van der Waals surface area contributed by atoms with Crippen LogP contribution in [0.15, 0.2) is 24.3 Å². The second-order valence-corrected chi connectivity index (χ2v) is 6.77. The molecular weight excluding hydrogens is 283 g/mol. The Morgan fingerprint density at radius 3 is 2.41 bits per heavy atom. The minimum atomic E-state index is -0.639. The summed E-state index contributed by atoms with van der Waals surface area (Å²) in [4.78, 5) is 15.2. The number of rotatable bonds is 3. The molecule has 4 aliphatic heterocycles. The molecule has 0 aliphatic carbocycles. The second-order valence-electron chi connectivity index (χ2n) is 6.77. The molecule has 1 atom stereocenters. The first-order chi connectivity index (χ1) is 10.7. The smallest absolute Gasteiger partial charge is 0.319 e. The third-order valence-corrected chi connectivity index (χ3v) is 5.50. The highest BCUT2D eigenvalue weighted by Gasteiger charge is 2.49. The molecule has 0 unspecified atom stereocenters. The molecule has 0 spiro atoms. The molecule has 1 aromatic rings. The first-order valence-electron chi connectivity index (χ1n) is 8.08. The maximum atomic E-state index is 13.1. The number of carbonyl (C=O) groups excluding carboxylic acids is 1. The number of ether oxygens (including phenoxy) is 1. The number of carbonyl (C=O) groups is 1. The second kappa shape index (κ2) is 5.32. The standard InChI is InChI=1S/C17H21FN2O2/c18-14-3-1-13(2-4-14)17(10-19-11-17)16(21)22-15-9-20-7-5-12(15)6-8-20/h1-4,12,15,19H,5-11H2/t15-/m0/s1. The van der Waals surface area contributed by atoms with E-state index in [0.717, 1.165) is 38.0 Å². The third kappa shape index (κ3) is 2.23. The van der Waals surface area contributed by atoms with Crippen molar-refractivity contribution in [2.45, 2.75) is 24.4 Å². The minimum Gasteiger partial charge on any atom is -0.460 e. The molecule has 5 rings (SSSR count). The molecule has 4 fully saturated rings. The molecule has 2 bridgehead atoms. The fraction of sp³-hybridized carbons (Fsp3) is 0.588. The lowest BCUT2D eigenvalue weighted by Gasteiger charge is -2.46. The maximum Gasteiger partial charge on any atom is 0.319 e. The third-order valence-electron chi connectivity index (χ3n) is 5.50.